The molecule has 1 aromatic carbocycles. The Labute approximate surface area is 151 Å². The summed E-state index contributed by atoms with van der Waals surface area (Å²) in [4.78, 5) is 12.7. The summed E-state index contributed by atoms with van der Waals surface area (Å²) in [5, 5.41) is 15.4. The first-order chi connectivity index (χ1) is 12.1. The molecular weight excluding hydrogens is 342 g/mol. The van der Waals surface area contributed by atoms with Gasteiger partial charge in [-0.1, -0.05) is 48.6 Å². The number of benzene rings is 1. The van der Waals surface area contributed by atoms with Gasteiger partial charge in [-0.15, -0.1) is 0 Å². The van der Waals surface area contributed by atoms with Gasteiger partial charge in [-0.05, 0) is 41.5 Å². The Balaban J connectivity index is 1.92. The monoisotopic (exact) mass is 361 g/mol. The highest BCUT2D eigenvalue weighted by atomic mass is 35.5. The fraction of sp³-hybridized carbons (Fsp3) is 0.412. The van der Waals surface area contributed by atoms with Crippen molar-refractivity contribution in [3.63, 3.8) is 0 Å². The zero-order valence-corrected chi connectivity index (χ0v) is 15.0. The Morgan fingerprint density at radius 1 is 1.32 bits per heavy atom. The van der Waals surface area contributed by atoms with Crippen molar-refractivity contribution in [3.05, 3.63) is 46.1 Å². The van der Waals surface area contributed by atoms with Gasteiger partial charge in [-0.25, -0.2) is 4.79 Å². The molecule has 2 heterocycles. The predicted molar refractivity (Wildman–Crippen MR) is 94.2 cm³/mol. The molecule has 3 rings (SSSR count). The second-order valence-corrected chi connectivity index (χ2v) is 6.34. The summed E-state index contributed by atoms with van der Waals surface area (Å²) in [6.07, 6.45) is 2.95. The lowest BCUT2D eigenvalue weighted by molar-refractivity contribution is -0.139. The van der Waals surface area contributed by atoms with Crippen LogP contribution in [0.4, 0.5) is 5.95 Å². The summed E-state index contributed by atoms with van der Waals surface area (Å²) in [5.41, 5.74) is 2.04. The maximum absolute atomic E-state index is 12.7. The van der Waals surface area contributed by atoms with E-state index in [4.69, 9.17) is 16.3 Å². The number of rotatable bonds is 6. The lowest BCUT2D eigenvalue weighted by Gasteiger charge is -2.27. The van der Waals surface area contributed by atoms with Crippen molar-refractivity contribution in [1.29, 1.82) is 0 Å². The Morgan fingerprint density at radius 2 is 2.08 bits per heavy atom. The number of nitrogens with zero attached hydrogens (tertiary/aromatic N) is 4. The van der Waals surface area contributed by atoms with Crippen LogP contribution in [-0.4, -0.2) is 32.8 Å². The van der Waals surface area contributed by atoms with Crippen LogP contribution in [0.2, 0.25) is 5.02 Å². The lowest BCUT2D eigenvalue weighted by Crippen LogP contribution is -2.29. The average Bonchev–Trinajstić information content (AvgIpc) is 3.06. The predicted octanol–water partition coefficient (Wildman–Crippen LogP) is 3.35. The topological polar surface area (TPSA) is 81.9 Å². The van der Waals surface area contributed by atoms with E-state index in [9.17, 15) is 4.79 Å². The van der Waals surface area contributed by atoms with Crippen molar-refractivity contribution in [2.24, 2.45) is 0 Å². The third-order valence-corrected chi connectivity index (χ3v) is 4.35. The number of ether oxygens (including phenoxy) is 1. The summed E-state index contributed by atoms with van der Waals surface area (Å²) in [6, 6.07) is 6.83. The van der Waals surface area contributed by atoms with E-state index in [2.05, 4.69) is 27.8 Å². The van der Waals surface area contributed by atoms with Crippen LogP contribution in [0.25, 0.3) is 0 Å². The molecule has 0 aliphatic carbocycles. The van der Waals surface area contributed by atoms with E-state index in [1.54, 1.807) is 16.8 Å². The molecule has 132 valence electrons. The van der Waals surface area contributed by atoms with Gasteiger partial charge in [-0.2, -0.15) is 4.68 Å². The normalized spacial score (nSPS) is 16.4. The molecule has 0 spiro atoms. The number of aromatic nitrogens is 4. The van der Waals surface area contributed by atoms with Crippen molar-refractivity contribution >= 4 is 23.5 Å². The van der Waals surface area contributed by atoms with Crippen LogP contribution in [0.5, 0.6) is 0 Å². The van der Waals surface area contributed by atoms with Crippen LogP contribution in [0, 0.1) is 0 Å². The number of carbonyl (C=O) groups excluding carboxylic acids is 1. The smallest absolute Gasteiger partial charge is 0.338 e. The van der Waals surface area contributed by atoms with Crippen molar-refractivity contribution in [2.75, 3.05) is 11.9 Å². The van der Waals surface area contributed by atoms with Gasteiger partial charge in [0.25, 0.3) is 0 Å². The van der Waals surface area contributed by atoms with E-state index in [0.29, 0.717) is 28.8 Å². The van der Waals surface area contributed by atoms with E-state index in [1.165, 1.54) is 0 Å². The second kappa shape index (κ2) is 7.65. The van der Waals surface area contributed by atoms with E-state index < -0.39 is 6.04 Å². The maximum Gasteiger partial charge on any atom is 0.338 e. The summed E-state index contributed by atoms with van der Waals surface area (Å²) in [6.45, 7) is 4.33. The van der Waals surface area contributed by atoms with Gasteiger partial charge in [0.15, 0.2) is 0 Å². The summed E-state index contributed by atoms with van der Waals surface area (Å²) < 4.78 is 7.06. The Kier molecular flexibility index (Phi) is 5.33. The number of hydrogen-bond donors (Lipinski definition) is 1. The molecule has 25 heavy (non-hydrogen) atoms. The highest BCUT2D eigenvalue weighted by molar-refractivity contribution is 6.30. The van der Waals surface area contributed by atoms with Crippen LogP contribution in [0.1, 0.15) is 44.7 Å². The van der Waals surface area contributed by atoms with Crippen LogP contribution in [-0.2, 0) is 9.53 Å². The molecule has 0 fully saturated rings. The molecule has 1 atom stereocenters. The number of unbranched alkanes of at least 4 members (excludes halogenated alkanes) is 2. The molecule has 1 aromatic heterocycles. The molecular formula is C17H20ClN5O2. The van der Waals surface area contributed by atoms with Crippen molar-refractivity contribution in [2.45, 2.75) is 39.2 Å². The van der Waals surface area contributed by atoms with Crippen molar-refractivity contribution in [3.8, 4) is 0 Å². The van der Waals surface area contributed by atoms with Gasteiger partial charge in [0.1, 0.15) is 6.04 Å². The van der Waals surface area contributed by atoms with Crippen molar-refractivity contribution < 1.29 is 9.53 Å². The van der Waals surface area contributed by atoms with Crippen LogP contribution in [0.15, 0.2) is 35.5 Å². The minimum atomic E-state index is -0.456. The van der Waals surface area contributed by atoms with Gasteiger partial charge >= 0.3 is 5.97 Å². The minimum Gasteiger partial charge on any atom is -0.462 e. The zero-order chi connectivity index (χ0) is 17.8. The van der Waals surface area contributed by atoms with Crippen LogP contribution in [0.3, 0.4) is 0 Å². The highest BCUT2D eigenvalue weighted by Gasteiger charge is 2.34. The zero-order valence-electron chi connectivity index (χ0n) is 14.2. The summed E-state index contributed by atoms with van der Waals surface area (Å²) in [5.74, 6) is 0.127. The number of allylic oxidation sites excluding steroid dienone is 1. The fourth-order valence-electron chi connectivity index (χ4n) is 2.82. The minimum absolute atomic E-state index is 0.359. The Morgan fingerprint density at radius 3 is 2.80 bits per heavy atom. The average molecular weight is 362 g/mol. The van der Waals surface area contributed by atoms with Crippen LogP contribution < -0.4 is 5.32 Å². The van der Waals surface area contributed by atoms with E-state index in [-0.39, 0.29) is 5.97 Å². The number of hydrogen-bond acceptors (Lipinski definition) is 6. The molecule has 1 aliphatic heterocycles. The third-order valence-electron chi connectivity index (χ3n) is 4.10. The van der Waals surface area contributed by atoms with Crippen molar-refractivity contribution in [1.82, 2.24) is 20.2 Å². The molecule has 0 bridgehead atoms. The fourth-order valence-corrected chi connectivity index (χ4v) is 2.95. The number of tetrazole rings is 1. The van der Waals surface area contributed by atoms with Gasteiger partial charge in [0, 0.05) is 10.7 Å². The van der Waals surface area contributed by atoms with E-state index >= 15 is 0 Å². The molecule has 0 radical (unpaired) electrons. The highest BCUT2D eigenvalue weighted by Crippen LogP contribution is 2.35. The second-order valence-electron chi connectivity index (χ2n) is 5.91. The first-order valence-corrected chi connectivity index (χ1v) is 8.68. The molecule has 1 aliphatic rings. The molecule has 0 amide bonds. The Bertz CT molecular complexity index is 785. The lowest BCUT2D eigenvalue weighted by atomic mass is 9.96. The van der Waals surface area contributed by atoms with Crippen LogP contribution >= 0.6 is 11.6 Å². The molecule has 7 nitrogen and oxygen atoms in total. The quantitative estimate of drug-likeness (QED) is 0.627. The van der Waals surface area contributed by atoms with Gasteiger partial charge in [0.05, 0.1) is 12.2 Å². The summed E-state index contributed by atoms with van der Waals surface area (Å²) in [7, 11) is 0. The van der Waals surface area contributed by atoms with Gasteiger partial charge in [-0.3, -0.25) is 0 Å². The number of nitrogens with one attached hydrogen (secondary N) is 1. The number of fused-ring (bicyclic) bond motifs is 1. The number of halogens is 1. The number of anilines is 1. The first kappa shape index (κ1) is 17.4. The SMILES string of the molecule is CCCCCOC(=O)C1=C(C)Nc2nnnn2[C@H]1c1ccc(Cl)cc1. The molecule has 0 saturated heterocycles. The first-order valence-electron chi connectivity index (χ1n) is 8.30. The maximum atomic E-state index is 12.7. The molecule has 8 heteroatoms. The molecule has 0 unspecified atom stereocenters. The standard InChI is InChI=1S/C17H20ClN5O2/c1-3-4-5-10-25-16(24)14-11(2)19-17-20-21-22-23(17)15(14)12-6-8-13(18)9-7-12/h6-9,15H,3-5,10H2,1-2H3,(H,19,20,22)/t15-/m0/s1. The summed E-state index contributed by atoms with van der Waals surface area (Å²) >= 11 is 5.99. The van der Waals surface area contributed by atoms with E-state index in [1.807, 2.05) is 19.1 Å². The molecule has 0 saturated carbocycles. The third kappa shape index (κ3) is 3.66. The number of esters is 1. The van der Waals surface area contributed by atoms with E-state index in [0.717, 1.165) is 24.8 Å². The Hall–Kier alpha value is -2.41. The van der Waals surface area contributed by atoms with Gasteiger partial charge in [0.2, 0.25) is 5.95 Å². The molecule has 1 N–H and O–H groups in total. The largest absolute Gasteiger partial charge is 0.462 e. The molecule has 2 aromatic rings. The van der Waals surface area contributed by atoms with Gasteiger partial charge < -0.3 is 10.1 Å². The number of carbonyl (C=O) groups is 1.